The van der Waals surface area contributed by atoms with Crippen LogP contribution < -0.4 is 10.1 Å². The van der Waals surface area contributed by atoms with E-state index in [4.69, 9.17) is 4.74 Å². The Kier molecular flexibility index (Phi) is 7.93. The quantitative estimate of drug-likeness (QED) is 0.551. The van der Waals surface area contributed by atoms with Gasteiger partial charge in [0.1, 0.15) is 11.0 Å². The maximum atomic E-state index is 13.0. The molecule has 0 spiro atoms. The van der Waals surface area contributed by atoms with Crippen molar-refractivity contribution in [3.8, 4) is 5.75 Å². The molecular formula is C22H24BrN3O3S. The molecule has 158 valence electrons. The first kappa shape index (κ1) is 22.4. The van der Waals surface area contributed by atoms with Crippen molar-refractivity contribution in [2.24, 2.45) is 4.99 Å². The minimum atomic E-state index is -0.485. The number of ether oxygens (including phenoxy) is 1. The van der Waals surface area contributed by atoms with Crippen LogP contribution >= 0.6 is 27.7 Å². The Morgan fingerprint density at radius 3 is 2.63 bits per heavy atom. The third-order valence-electron chi connectivity index (χ3n) is 4.57. The summed E-state index contributed by atoms with van der Waals surface area (Å²) in [6, 6.07) is 14.8. The Morgan fingerprint density at radius 2 is 1.97 bits per heavy atom. The normalized spacial score (nSPS) is 17.4. The zero-order chi connectivity index (χ0) is 21.5. The van der Waals surface area contributed by atoms with E-state index in [9.17, 15) is 9.59 Å². The van der Waals surface area contributed by atoms with Crippen LogP contribution in [0.5, 0.6) is 5.75 Å². The van der Waals surface area contributed by atoms with Crippen molar-refractivity contribution in [1.29, 1.82) is 0 Å². The first-order valence-electron chi connectivity index (χ1n) is 9.77. The molecule has 2 aromatic carbocycles. The molecule has 1 N–H and O–H groups in total. The molecular weight excluding hydrogens is 466 g/mol. The summed E-state index contributed by atoms with van der Waals surface area (Å²) in [5.41, 5.74) is 1.43. The second-order valence-corrected chi connectivity index (χ2v) is 8.80. The van der Waals surface area contributed by atoms with Gasteiger partial charge in [0.15, 0.2) is 5.17 Å². The fourth-order valence-corrected chi connectivity index (χ4v) is 4.51. The number of amides is 2. The van der Waals surface area contributed by atoms with Crippen LogP contribution in [0.1, 0.15) is 26.2 Å². The van der Waals surface area contributed by atoms with E-state index in [2.05, 4.69) is 33.2 Å². The zero-order valence-corrected chi connectivity index (χ0v) is 19.3. The van der Waals surface area contributed by atoms with Crippen LogP contribution in [-0.4, -0.2) is 40.8 Å². The van der Waals surface area contributed by atoms with Crippen LogP contribution in [0.2, 0.25) is 0 Å². The number of anilines is 1. The highest BCUT2D eigenvalue weighted by Gasteiger charge is 2.38. The fraction of sp³-hybridized carbons (Fsp3) is 0.318. The van der Waals surface area contributed by atoms with E-state index in [1.165, 1.54) is 11.8 Å². The summed E-state index contributed by atoms with van der Waals surface area (Å²) in [5.74, 6) is 0.482. The average molecular weight is 490 g/mol. The number of carbonyl (C=O) groups is 2. The number of methoxy groups -OCH3 is 1. The topological polar surface area (TPSA) is 71.0 Å². The highest BCUT2D eigenvalue weighted by Crippen LogP contribution is 2.33. The van der Waals surface area contributed by atoms with Crippen LogP contribution in [0.25, 0.3) is 0 Å². The summed E-state index contributed by atoms with van der Waals surface area (Å²) in [5, 5.41) is 3.02. The predicted molar refractivity (Wildman–Crippen MR) is 125 cm³/mol. The first-order valence-corrected chi connectivity index (χ1v) is 11.4. The molecule has 1 atom stereocenters. The van der Waals surface area contributed by atoms with Gasteiger partial charge in [-0.05, 0) is 58.7 Å². The van der Waals surface area contributed by atoms with Crippen LogP contribution in [-0.2, 0) is 9.59 Å². The summed E-state index contributed by atoms with van der Waals surface area (Å²) < 4.78 is 5.98. The molecule has 0 aliphatic carbocycles. The molecule has 0 radical (unpaired) electrons. The van der Waals surface area contributed by atoms with Gasteiger partial charge >= 0.3 is 0 Å². The number of hydrogen-bond donors (Lipinski definition) is 1. The van der Waals surface area contributed by atoms with Crippen LogP contribution in [0.15, 0.2) is 58.0 Å². The van der Waals surface area contributed by atoms with E-state index in [0.717, 1.165) is 28.8 Å². The van der Waals surface area contributed by atoms with Gasteiger partial charge in [0.25, 0.3) is 0 Å². The van der Waals surface area contributed by atoms with Gasteiger partial charge in [-0.1, -0.05) is 37.2 Å². The zero-order valence-electron chi connectivity index (χ0n) is 16.9. The SMILES string of the molecule is CCCCN1C(=O)C(CC(=O)Nc2ccccc2Br)SC1=Nc1ccc(OC)cc1. The molecule has 8 heteroatoms. The van der Waals surface area contributed by atoms with Crippen LogP contribution in [0, 0.1) is 0 Å². The molecule has 1 saturated heterocycles. The summed E-state index contributed by atoms with van der Waals surface area (Å²) in [6.45, 7) is 2.68. The maximum absolute atomic E-state index is 13.0. The van der Waals surface area contributed by atoms with Crippen LogP contribution in [0.3, 0.4) is 0 Å². The van der Waals surface area contributed by atoms with Crippen molar-refractivity contribution in [2.75, 3.05) is 19.0 Å². The molecule has 0 saturated carbocycles. The predicted octanol–water partition coefficient (Wildman–Crippen LogP) is 5.22. The number of nitrogens with one attached hydrogen (secondary N) is 1. The smallest absolute Gasteiger partial charge is 0.242 e. The van der Waals surface area contributed by atoms with E-state index >= 15 is 0 Å². The maximum Gasteiger partial charge on any atom is 0.242 e. The number of carbonyl (C=O) groups excluding carboxylic acids is 2. The number of halogens is 1. The van der Waals surface area contributed by atoms with Crippen molar-refractivity contribution in [3.63, 3.8) is 0 Å². The minimum Gasteiger partial charge on any atom is -0.497 e. The lowest BCUT2D eigenvalue weighted by Gasteiger charge is -2.16. The molecule has 0 aromatic heterocycles. The molecule has 1 fully saturated rings. The van der Waals surface area contributed by atoms with Crippen LogP contribution in [0.4, 0.5) is 11.4 Å². The number of hydrogen-bond acceptors (Lipinski definition) is 5. The molecule has 30 heavy (non-hydrogen) atoms. The van der Waals surface area contributed by atoms with Crippen molar-refractivity contribution in [1.82, 2.24) is 4.90 Å². The molecule has 3 rings (SSSR count). The third-order valence-corrected chi connectivity index (χ3v) is 6.44. The molecule has 1 aliphatic heterocycles. The number of unbranched alkanes of at least 4 members (excludes halogenated alkanes) is 1. The molecule has 1 aliphatic rings. The molecule has 1 heterocycles. The lowest BCUT2D eigenvalue weighted by molar-refractivity contribution is -0.128. The number of nitrogens with zero attached hydrogens (tertiary/aromatic N) is 2. The lowest BCUT2D eigenvalue weighted by atomic mass is 10.2. The van der Waals surface area contributed by atoms with E-state index in [1.54, 1.807) is 12.0 Å². The number of rotatable bonds is 8. The molecule has 1 unspecified atom stereocenters. The van der Waals surface area contributed by atoms with Gasteiger partial charge in [-0.2, -0.15) is 0 Å². The Morgan fingerprint density at radius 1 is 1.23 bits per heavy atom. The number of thioether (sulfide) groups is 1. The average Bonchev–Trinajstić information content (AvgIpc) is 3.02. The third kappa shape index (κ3) is 5.64. The number of amidine groups is 1. The van der Waals surface area contributed by atoms with Gasteiger partial charge in [-0.3, -0.25) is 14.5 Å². The molecule has 2 aromatic rings. The van der Waals surface area contributed by atoms with Crippen molar-refractivity contribution in [3.05, 3.63) is 53.0 Å². The second-order valence-electron chi connectivity index (χ2n) is 6.77. The van der Waals surface area contributed by atoms with Gasteiger partial charge in [0.2, 0.25) is 11.8 Å². The Hall–Kier alpha value is -2.32. The van der Waals surface area contributed by atoms with Gasteiger partial charge in [0.05, 0.1) is 18.5 Å². The van der Waals surface area contributed by atoms with Gasteiger partial charge in [0, 0.05) is 17.4 Å². The van der Waals surface area contributed by atoms with Gasteiger partial charge in [-0.15, -0.1) is 0 Å². The van der Waals surface area contributed by atoms with Crippen molar-refractivity contribution < 1.29 is 14.3 Å². The summed E-state index contributed by atoms with van der Waals surface area (Å²) in [6.07, 6.45) is 1.94. The summed E-state index contributed by atoms with van der Waals surface area (Å²) in [4.78, 5) is 31.9. The number of benzene rings is 2. The number of para-hydroxylation sites is 1. The Balaban J connectivity index is 1.74. The van der Waals surface area contributed by atoms with E-state index < -0.39 is 5.25 Å². The lowest BCUT2D eigenvalue weighted by Crippen LogP contribution is -2.34. The Bertz CT molecular complexity index is 933. The number of aliphatic imine (C=N–C) groups is 1. The van der Waals surface area contributed by atoms with E-state index in [1.807, 2.05) is 48.5 Å². The van der Waals surface area contributed by atoms with Crippen molar-refractivity contribution >= 4 is 56.0 Å². The van der Waals surface area contributed by atoms with E-state index in [0.29, 0.717) is 17.4 Å². The highest BCUT2D eigenvalue weighted by atomic mass is 79.9. The summed E-state index contributed by atoms with van der Waals surface area (Å²) >= 11 is 4.77. The fourth-order valence-electron chi connectivity index (χ4n) is 2.95. The van der Waals surface area contributed by atoms with Gasteiger partial charge in [-0.25, -0.2) is 4.99 Å². The standard InChI is InChI=1S/C22H24BrN3O3S/c1-3-4-13-26-21(28)19(14-20(27)25-18-8-6-5-7-17(18)23)30-22(26)24-15-9-11-16(29-2)12-10-15/h5-12,19H,3-4,13-14H2,1-2H3,(H,25,27). The summed E-state index contributed by atoms with van der Waals surface area (Å²) in [7, 11) is 1.61. The van der Waals surface area contributed by atoms with Crippen molar-refractivity contribution in [2.45, 2.75) is 31.4 Å². The van der Waals surface area contributed by atoms with Gasteiger partial charge < -0.3 is 10.1 Å². The Labute approximate surface area is 189 Å². The molecule has 2 amide bonds. The molecule has 6 nitrogen and oxygen atoms in total. The first-order chi connectivity index (χ1) is 14.5. The minimum absolute atomic E-state index is 0.0667. The monoisotopic (exact) mass is 489 g/mol. The highest BCUT2D eigenvalue weighted by molar-refractivity contribution is 9.10. The largest absolute Gasteiger partial charge is 0.497 e. The second kappa shape index (κ2) is 10.6. The van der Waals surface area contributed by atoms with E-state index in [-0.39, 0.29) is 18.2 Å². The molecule has 0 bridgehead atoms.